The summed E-state index contributed by atoms with van der Waals surface area (Å²) in [5.74, 6) is 0. The van der Waals surface area contributed by atoms with Gasteiger partial charge in [0.25, 0.3) is 0 Å². The summed E-state index contributed by atoms with van der Waals surface area (Å²) in [7, 11) is 0. The van der Waals surface area contributed by atoms with Gasteiger partial charge in [-0.3, -0.25) is 0 Å². The second-order valence-corrected chi connectivity index (χ2v) is 5.54. The van der Waals surface area contributed by atoms with E-state index in [0.29, 0.717) is 6.04 Å². The van der Waals surface area contributed by atoms with E-state index in [2.05, 4.69) is 21.2 Å². The quantitative estimate of drug-likeness (QED) is 0.870. The molecule has 0 unspecified atom stereocenters. The van der Waals surface area contributed by atoms with Gasteiger partial charge in [-0.25, -0.2) is 0 Å². The van der Waals surface area contributed by atoms with Crippen molar-refractivity contribution in [2.24, 2.45) is 0 Å². The van der Waals surface area contributed by atoms with Gasteiger partial charge in [-0.1, -0.05) is 11.6 Å². The van der Waals surface area contributed by atoms with Crippen LogP contribution >= 0.6 is 27.5 Å². The van der Waals surface area contributed by atoms with Crippen LogP contribution < -0.4 is 5.32 Å². The van der Waals surface area contributed by atoms with E-state index in [4.69, 9.17) is 11.6 Å². The highest BCUT2D eigenvalue weighted by Crippen LogP contribution is 2.28. The Morgan fingerprint density at radius 3 is 2.56 bits per heavy atom. The average molecular weight is 305 g/mol. The first-order valence-corrected chi connectivity index (χ1v) is 6.72. The molecular weight excluding hydrogens is 289 g/mol. The topological polar surface area (TPSA) is 32.3 Å². The van der Waals surface area contributed by atoms with Gasteiger partial charge in [0.2, 0.25) is 0 Å². The number of halogens is 2. The molecule has 0 amide bonds. The van der Waals surface area contributed by atoms with Crippen LogP contribution in [0.25, 0.3) is 0 Å². The van der Waals surface area contributed by atoms with Gasteiger partial charge in [0.1, 0.15) is 0 Å². The maximum absolute atomic E-state index is 9.42. The molecule has 2 N–H and O–H groups in total. The maximum Gasteiger partial charge on any atom is 0.0549 e. The molecule has 0 spiro atoms. The Morgan fingerprint density at radius 1 is 1.25 bits per heavy atom. The van der Waals surface area contributed by atoms with E-state index < -0.39 is 0 Å². The lowest BCUT2D eigenvalue weighted by molar-refractivity contribution is 0.126. The molecular formula is C12H15BrClNO. The molecule has 1 aliphatic carbocycles. The first-order chi connectivity index (χ1) is 7.65. The molecule has 1 aliphatic rings. The van der Waals surface area contributed by atoms with Gasteiger partial charge in [0, 0.05) is 16.2 Å². The summed E-state index contributed by atoms with van der Waals surface area (Å²) < 4.78 is 0.912. The highest BCUT2D eigenvalue weighted by Gasteiger charge is 2.18. The van der Waals surface area contributed by atoms with Crippen LogP contribution in [0, 0.1) is 0 Å². The van der Waals surface area contributed by atoms with Gasteiger partial charge in [0.05, 0.1) is 11.1 Å². The van der Waals surface area contributed by atoms with E-state index in [-0.39, 0.29) is 6.10 Å². The van der Waals surface area contributed by atoms with Crippen LogP contribution in [0.1, 0.15) is 25.7 Å². The fraction of sp³-hybridized carbons (Fsp3) is 0.500. The zero-order chi connectivity index (χ0) is 11.5. The van der Waals surface area contributed by atoms with E-state index in [1.807, 2.05) is 18.2 Å². The number of aliphatic hydroxyl groups is 1. The molecule has 0 radical (unpaired) electrons. The van der Waals surface area contributed by atoms with Gasteiger partial charge >= 0.3 is 0 Å². The van der Waals surface area contributed by atoms with Crippen LogP contribution in [0.15, 0.2) is 22.7 Å². The third kappa shape index (κ3) is 3.12. The fourth-order valence-electron chi connectivity index (χ4n) is 2.04. The van der Waals surface area contributed by atoms with Crippen molar-refractivity contribution < 1.29 is 5.11 Å². The number of aliphatic hydroxyl groups excluding tert-OH is 1. The molecule has 1 aromatic carbocycles. The molecule has 0 saturated heterocycles. The summed E-state index contributed by atoms with van der Waals surface area (Å²) in [6, 6.07) is 6.33. The lowest BCUT2D eigenvalue weighted by Gasteiger charge is -2.27. The highest BCUT2D eigenvalue weighted by atomic mass is 79.9. The number of nitrogens with one attached hydrogen (secondary N) is 1. The molecule has 1 fully saturated rings. The van der Waals surface area contributed by atoms with Crippen LogP contribution in [0.3, 0.4) is 0 Å². The molecule has 2 rings (SSSR count). The standard InChI is InChI=1S/C12H15BrClNO/c13-11-7-9(3-6-12(11)14)15-8-1-4-10(16)5-2-8/h3,6-8,10,15-16H,1-2,4-5H2. The lowest BCUT2D eigenvalue weighted by atomic mass is 9.93. The van der Waals surface area contributed by atoms with Crippen LogP contribution in [0.5, 0.6) is 0 Å². The monoisotopic (exact) mass is 303 g/mol. The predicted octanol–water partition coefficient (Wildman–Crippen LogP) is 3.82. The van der Waals surface area contributed by atoms with Crippen molar-refractivity contribution in [1.82, 2.24) is 0 Å². The minimum absolute atomic E-state index is 0.102. The summed E-state index contributed by atoms with van der Waals surface area (Å²) in [6.07, 6.45) is 3.75. The minimum atomic E-state index is -0.102. The molecule has 16 heavy (non-hydrogen) atoms. The molecule has 1 saturated carbocycles. The van der Waals surface area contributed by atoms with E-state index in [1.165, 1.54) is 0 Å². The van der Waals surface area contributed by atoms with Crippen molar-refractivity contribution in [3.63, 3.8) is 0 Å². The SMILES string of the molecule is OC1CCC(Nc2ccc(Cl)c(Br)c2)CC1. The second-order valence-electron chi connectivity index (χ2n) is 4.28. The first kappa shape index (κ1) is 12.2. The Labute approximate surface area is 109 Å². The molecule has 0 atom stereocenters. The van der Waals surface area contributed by atoms with Gasteiger partial charge in [-0.2, -0.15) is 0 Å². The van der Waals surface area contributed by atoms with Gasteiger partial charge in [-0.15, -0.1) is 0 Å². The number of hydrogen-bond donors (Lipinski definition) is 2. The third-order valence-electron chi connectivity index (χ3n) is 2.99. The third-order valence-corrected chi connectivity index (χ3v) is 4.20. The molecule has 0 aliphatic heterocycles. The number of rotatable bonds is 2. The summed E-state index contributed by atoms with van der Waals surface area (Å²) in [5, 5.41) is 13.6. The van der Waals surface area contributed by atoms with Gasteiger partial charge < -0.3 is 10.4 Å². The zero-order valence-electron chi connectivity index (χ0n) is 8.92. The zero-order valence-corrected chi connectivity index (χ0v) is 11.3. The molecule has 1 aromatic rings. The highest BCUT2D eigenvalue weighted by molar-refractivity contribution is 9.10. The lowest BCUT2D eigenvalue weighted by Crippen LogP contribution is -2.28. The Bertz CT molecular complexity index is 364. The smallest absolute Gasteiger partial charge is 0.0549 e. The van der Waals surface area contributed by atoms with Gasteiger partial charge in [0.15, 0.2) is 0 Å². The van der Waals surface area contributed by atoms with E-state index >= 15 is 0 Å². The molecule has 2 nitrogen and oxygen atoms in total. The summed E-state index contributed by atoms with van der Waals surface area (Å²) in [6.45, 7) is 0. The van der Waals surface area contributed by atoms with Crippen LogP contribution in [-0.4, -0.2) is 17.3 Å². The second kappa shape index (κ2) is 5.39. The van der Waals surface area contributed by atoms with Crippen molar-refractivity contribution in [3.8, 4) is 0 Å². The van der Waals surface area contributed by atoms with Crippen LogP contribution in [-0.2, 0) is 0 Å². The van der Waals surface area contributed by atoms with Crippen LogP contribution in [0.4, 0.5) is 5.69 Å². The first-order valence-electron chi connectivity index (χ1n) is 5.55. The molecule has 0 heterocycles. The van der Waals surface area contributed by atoms with Crippen molar-refractivity contribution >= 4 is 33.2 Å². The number of benzene rings is 1. The largest absolute Gasteiger partial charge is 0.393 e. The Morgan fingerprint density at radius 2 is 1.94 bits per heavy atom. The average Bonchev–Trinajstić information content (AvgIpc) is 2.27. The van der Waals surface area contributed by atoms with Crippen molar-refractivity contribution in [3.05, 3.63) is 27.7 Å². The molecule has 88 valence electrons. The van der Waals surface area contributed by atoms with Crippen LogP contribution in [0.2, 0.25) is 5.02 Å². The minimum Gasteiger partial charge on any atom is -0.393 e. The summed E-state index contributed by atoms with van der Waals surface area (Å²) >= 11 is 9.34. The Kier molecular flexibility index (Phi) is 4.11. The normalized spacial score (nSPS) is 25.4. The number of hydrogen-bond acceptors (Lipinski definition) is 2. The molecule has 0 aromatic heterocycles. The molecule has 4 heteroatoms. The van der Waals surface area contributed by atoms with E-state index in [0.717, 1.165) is 40.9 Å². The Hall–Kier alpha value is -0.250. The molecule has 0 bridgehead atoms. The van der Waals surface area contributed by atoms with Gasteiger partial charge in [-0.05, 0) is 59.8 Å². The maximum atomic E-state index is 9.42. The van der Waals surface area contributed by atoms with Crippen molar-refractivity contribution in [1.29, 1.82) is 0 Å². The van der Waals surface area contributed by atoms with Crippen molar-refractivity contribution in [2.75, 3.05) is 5.32 Å². The fourth-order valence-corrected chi connectivity index (χ4v) is 2.54. The van der Waals surface area contributed by atoms with Crippen molar-refractivity contribution in [2.45, 2.75) is 37.8 Å². The predicted molar refractivity (Wildman–Crippen MR) is 71.0 cm³/mol. The number of anilines is 1. The summed E-state index contributed by atoms with van der Waals surface area (Å²) in [4.78, 5) is 0. The van der Waals surface area contributed by atoms with E-state index in [1.54, 1.807) is 0 Å². The summed E-state index contributed by atoms with van der Waals surface area (Å²) in [5.41, 5.74) is 1.08. The van der Waals surface area contributed by atoms with E-state index in [9.17, 15) is 5.11 Å². The Balaban J connectivity index is 1.96.